The fourth-order valence-electron chi connectivity index (χ4n) is 2.59. The quantitative estimate of drug-likeness (QED) is 0.282. The molecule has 0 bridgehead atoms. The average molecular weight is 489 g/mol. The predicted octanol–water partition coefficient (Wildman–Crippen LogP) is 3.35. The van der Waals surface area contributed by atoms with E-state index in [2.05, 4.69) is 15.6 Å². The van der Waals surface area contributed by atoms with E-state index in [1.807, 2.05) is 6.92 Å². The van der Waals surface area contributed by atoms with E-state index in [9.17, 15) is 9.18 Å². The molecule has 0 radical (unpaired) electrons. The van der Waals surface area contributed by atoms with Gasteiger partial charge in [0.15, 0.2) is 5.96 Å². The first-order valence-corrected chi connectivity index (χ1v) is 8.31. The summed E-state index contributed by atoms with van der Waals surface area (Å²) in [6, 6.07) is 6.44. The van der Waals surface area contributed by atoms with Crippen LogP contribution in [-0.4, -0.2) is 32.6 Å². The average Bonchev–Trinajstić information content (AvgIpc) is 2.99. The Morgan fingerprint density at radius 2 is 2.00 bits per heavy atom. The summed E-state index contributed by atoms with van der Waals surface area (Å²) in [4.78, 5) is 15.8. The number of guanidine groups is 1. The number of hydrogen-bond acceptors (Lipinski definition) is 4. The fraction of sp³-hybridized carbons (Fsp3) is 0.368. The highest BCUT2D eigenvalue weighted by molar-refractivity contribution is 14.0. The Morgan fingerprint density at radius 1 is 1.26 bits per heavy atom. The zero-order valence-corrected chi connectivity index (χ0v) is 18.2. The number of aryl methyl sites for hydroxylation is 2. The number of carbonyl (C=O) groups excluding carboxylic acids is 1. The largest absolute Gasteiger partial charge is 0.465 e. The maximum Gasteiger partial charge on any atom is 0.341 e. The van der Waals surface area contributed by atoms with E-state index in [0.717, 1.165) is 17.5 Å². The second kappa shape index (κ2) is 10.9. The van der Waals surface area contributed by atoms with Crippen LogP contribution < -0.4 is 10.6 Å². The Bertz CT molecular complexity index is 805. The van der Waals surface area contributed by atoms with E-state index >= 15 is 0 Å². The molecule has 0 spiro atoms. The lowest BCUT2D eigenvalue weighted by molar-refractivity contribution is 0.0599. The maximum atomic E-state index is 13.1. The molecular weight excluding hydrogens is 464 g/mol. The predicted molar refractivity (Wildman–Crippen MR) is 113 cm³/mol. The molecule has 1 aromatic heterocycles. The van der Waals surface area contributed by atoms with E-state index in [4.69, 9.17) is 9.15 Å². The lowest BCUT2D eigenvalue weighted by Gasteiger charge is -2.12. The molecular formula is C19H25FIN3O3. The molecule has 0 saturated heterocycles. The summed E-state index contributed by atoms with van der Waals surface area (Å²) in [5.41, 5.74) is 2.42. The standard InChI is InChI=1S/C19H24FN3O3.HI/c1-12-9-15(20)6-5-14(12)7-8-22-19(21-3)23-11-16-10-17(13(2)26-16)18(24)25-4;/h5-6,9-10H,7-8,11H2,1-4H3,(H2,21,22,23);1H. The Hall–Kier alpha value is -2.10. The third kappa shape index (κ3) is 6.53. The second-order valence-corrected chi connectivity index (χ2v) is 5.85. The molecule has 0 aliphatic heterocycles. The van der Waals surface area contributed by atoms with Crippen molar-refractivity contribution in [2.75, 3.05) is 20.7 Å². The van der Waals surface area contributed by atoms with Crippen molar-refractivity contribution in [3.05, 3.63) is 58.3 Å². The van der Waals surface area contributed by atoms with Crippen molar-refractivity contribution in [1.29, 1.82) is 0 Å². The van der Waals surface area contributed by atoms with Crippen LogP contribution in [0.1, 0.15) is 33.0 Å². The van der Waals surface area contributed by atoms with Gasteiger partial charge in [-0.25, -0.2) is 9.18 Å². The topological polar surface area (TPSA) is 75.9 Å². The fourth-order valence-corrected chi connectivity index (χ4v) is 2.59. The number of benzene rings is 1. The SMILES string of the molecule is CN=C(NCCc1ccc(F)cc1C)NCc1cc(C(=O)OC)c(C)o1.I. The summed E-state index contributed by atoms with van der Waals surface area (Å²) in [6.45, 7) is 4.64. The van der Waals surface area contributed by atoms with Crippen molar-refractivity contribution in [2.24, 2.45) is 4.99 Å². The molecule has 0 atom stereocenters. The second-order valence-electron chi connectivity index (χ2n) is 5.85. The first kappa shape index (κ1) is 22.9. The number of aliphatic imine (C=N–C) groups is 1. The molecule has 0 aliphatic carbocycles. The highest BCUT2D eigenvalue weighted by Gasteiger charge is 2.15. The Morgan fingerprint density at radius 3 is 2.63 bits per heavy atom. The Kier molecular flexibility index (Phi) is 9.27. The number of nitrogens with zero attached hydrogens (tertiary/aromatic N) is 1. The molecule has 2 rings (SSSR count). The van der Waals surface area contributed by atoms with Crippen LogP contribution in [0.3, 0.4) is 0 Å². The normalized spacial score (nSPS) is 10.9. The minimum absolute atomic E-state index is 0. The van der Waals surface area contributed by atoms with E-state index in [0.29, 0.717) is 36.1 Å². The van der Waals surface area contributed by atoms with Crippen molar-refractivity contribution < 1.29 is 18.3 Å². The van der Waals surface area contributed by atoms with Crippen LogP contribution in [0.25, 0.3) is 0 Å². The summed E-state index contributed by atoms with van der Waals surface area (Å²) in [6.07, 6.45) is 0.749. The van der Waals surface area contributed by atoms with Crippen LogP contribution in [0.4, 0.5) is 4.39 Å². The molecule has 1 aromatic carbocycles. The molecule has 0 unspecified atom stereocenters. The molecule has 0 fully saturated rings. The van der Waals surface area contributed by atoms with Crippen molar-refractivity contribution >= 4 is 35.9 Å². The van der Waals surface area contributed by atoms with Crippen LogP contribution in [0.15, 0.2) is 33.7 Å². The summed E-state index contributed by atoms with van der Waals surface area (Å²) >= 11 is 0. The van der Waals surface area contributed by atoms with Crippen LogP contribution in [-0.2, 0) is 17.7 Å². The van der Waals surface area contributed by atoms with E-state index in [1.54, 1.807) is 26.1 Å². The molecule has 0 amide bonds. The van der Waals surface area contributed by atoms with Gasteiger partial charge in [-0.2, -0.15) is 0 Å². The van der Waals surface area contributed by atoms with Gasteiger partial charge >= 0.3 is 5.97 Å². The molecule has 6 nitrogen and oxygen atoms in total. The van der Waals surface area contributed by atoms with Crippen LogP contribution in [0.5, 0.6) is 0 Å². The number of halogens is 2. The third-order valence-corrected chi connectivity index (χ3v) is 4.02. The zero-order valence-electron chi connectivity index (χ0n) is 15.9. The summed E-state index contributed by atoms with van der Waals surface area (Å²) < 4.78 is 23.4. The number of furan rings is 1. The highest BCUT2D eigenvalue weighted by atomic mass is 127. The lowest BCUT2D eigenvalue weighted by atomic mass is 10.1. The highest BCUT2D eigenvalue weighted by Crippen LogP contribution is 2.15. The van der Waals surface area contributed by atoms with Gasteiger partial charge in [-0.3, -0.25) is 4.99 Å². The number of nitrogens with one attached hydrogen (secondary N) is 2. The van der Waals surface area contributed by atoms with Gasteiger partial charge in [0.25, 0.3) is 0 Å². The van der Waals surface area contributed by atoms with E-state index in [-0.39, 0.29) is 29.8 Å². The first-order valence-electron chi connectivity index (χ1n) is 8.31. The minimum atomic E-state index is -0.422. The van der Waals surface area contributed by atoms with Crippen molar-refractivity contribution in [3.63, 3.8) is 0 Å². The number of hydrogen-bond donors (Lipinski definition) is 2. The van der Waals surface area contributed by atoms with Crippen molar-refractivity contribution in [1.82, 2.24) is 10.6 Å². The monoisotopic (exact) mass is 489 g/mol. The lowest BCUT2D eigenvalue weighted by Crippen LogP contribution is -2.37. The van der Waals surface area contributed by atoms with Crippen LogP contribution in [0.2, 0.25) is 0 Å². The van der Waals surface area contributed by atoms with Gasteiger partial charge in [-0.05, 0) is 49.6 Å². The third-order valence-electron chi connectivity index (χ3n) is 4.02. The summed E-state index contributed by atoms with van der Waals surface area (Å²) in [7, 11) is 3.01. The summed E-state index contributed by atoms with van der Waals surface area (Å²) in [5.74, 6) is 1.09. The maximum absolute atomic E-state index is 13.1. The van der Waals surface area contributed by atoms with Gasteiger partial charge in [0.1, 0.15) is 22.9 Å². The van der Waals surface area contributed by atoms with Gasteiger partial charge in [-0.15, -0.1) is 24.0 Å². The van der Waals surface area contributed by atoms with Crippen LogP contribution in [0, 0.1) is 19.7 Å². The van der Waals surface area contributed by atoms with Gasteiger partial charge < -0.3 is 19.8 Å². The van der Waals surface area contributed by atoms with Gasteiger partial charge in [0, 0.05) is 13.6 Å². The van der Waals surface area contributed by atoms with Crippen molar-refractivity contribution in [3.8, 4) is 0 Å². The molecule has 1 heterocycles. The smallest absolute Gasteiger partial charge is 0.341 e. The number of carbonyl (C=O) groups is 1. The zero-order chi connectivity index (χ0) is 19.1. The number of rotatable bonds is 6. The number of esters is 1. The van der Waals surface area contributed by atoms with Gasteiger partial charge in [0.05, 0.1) is 13.7 Å². The molecule has 0 saturated carbocycles. The van der Waals surface area contributed by atoms with Gasteiger partial charge in [0.2, 0.25) is 0 Å². The Labute approximate surface area is 175 Å². The Balaban J connectivity index is 0.00000364. The molecule has 8 heteroatoms. The molecule has 148 valence electrons. The molecule has 2 N–H and O–H groups in total. The number of methoxy groups -OCH3 is 1. The van der Waals surface area contributed by atoms with Crippen molar-refractivity contribution in [2.45, 2.75) is 26.8 Å². The molecule has 0 aliphatic rings. The minimum Gasteiger partial charge on any atom is -0.465 e. The molecule has 2 aromatic rings. The first-order chi connectivity index (χ1) is 12.4. The number of ether oxygens (including phenoxy) is 1. The molecule has 27 heavy (non-hydrogen) atoms. The van der Waals surface area contributed by atoms with E-state index in [1.165, 1.54) is 19.2 Å². The van der Waals surface area contributed by atoms with Gasteiger partial charge in [-0.1, -0.05) is 6.07 Å². The van der Waals surface area contributed by atoms with E-state index < -0.39 is 5.97 Å². The summed E-state index contributed by atoms with van der Waals surface area (Å²) in [5, 5.41) is 6.32. The van der Waals surface area contributed by atoms with Crippen LogP contribution >= 0.6 is 24.0 Å².